The van der Waals surface area contributed by atoms with Crippen LogP contribution < -0.4 is 5.32 Å². The summed E-state index contributed by atoms with van der Waals surface area (Å²) in [5.74, 6) is -0.719. The van der Waals surface area contributed by atoms with Gasteiger partial charge in [0.1, 0.15) is 5.82 Å². The number of carbonyl (C=O) groups excluding carboxylic acids is 2. The summed E-state index contributed by atoms with van der Waals surface area (Å²) in [6.07, 6.45) is 0.0393. The molecular formula is C16H22FN3O3. The van der Waals surface area contributed by atoms with Crippen LogP contribution in [0.15, 0.2) is 24.3 Å². The van der Waals surface area contributed by atoms with E-state index in [2.05, 4.69) is 5.32 Å². The molecule has 0 radical (unpaired) electrons. The average molecular weight is 323 g/mol. The molecule has 2 rings (SSSR count). The van der Waals surface area contributed by atoms with Crippen molar-refractivity contribution >= 4 is 11.8 Å². The first kappa shape index (κ1) is 17.4. The number of hydrogen-bond donors (Lipinski definition) is 2. The van der Waals surface area contributed by atoms with Crippen LogP contribution in [-0.2, 0) is 16.1 Å². The van der Waals surface area contributed by atoms with E-state index in [1.165, 1.54) is 17.0 Å². The number of benzene rings is 1. The monoisotopic (exact) mass is 323 g/mol. The zero-order valence-electron chi connectivity index (χ0n) is 13.2. The van der Waals surface area contributed by atoms with Crippen molar-refractivity contribution in [2.75, 3.05) is 33.3 Å². The van der Waals surface area contributed by atoms with Gasteiger partial charge < -0.3 is 15.3 Å². The molecule has 1 aliphatic rings. The lowest BCUT2D eigenvalue weighted by molar-refractivity contribution is -0.138. The van der Waals surface area contributed by atoms with Crippen LogP contribution in [0, 0.1) is 5.82 Å². The molecule has 2 N–H and O–H groups in total. The van der Waals surface area contributed by atoms with E-state index < -0.39 is 6.04 Å². The molecule has 1 aromatic carbocycles. The maximum absolute atomic E-state index is 13.3. The molecule has 1 heterocycles. The molecule has 0 aliphatic carbocycles. The van der Waals surface area contributed by atoms with Gasteiger partial charge in [-0.05, 0) is 17.7 Å². The van der Waals surface area contributed by atoms with E-state index >= 15 is 0 Å². The summed E-state index contributed by atoms with van der Waals surface area (Å²) in [7, 11) is 1.59. The third-order valence-corrected chi connectivity index (χ3v) is 3.95. The molecule has 0 saturated carbocycles. The summed E-state index contributed by atoms with van der Waals surface area (Å²) < 4.78 is 13.3. The van der Waals surface area contributed by atoms with Crippen molar-refractivity contribution in [1.29, 1.82) is 0 Å². The number of carbonyl (C=O) groups is 2. The molecule has 1 saturated heterocycles. The standard InChI is InChI=1S/C16H22FN3O3/c1-19(7-8-21)15(22)10-14-16(23)18-5-6-20(14)11-12-3-2-4-13(17)9-12/h2-4,9,14,21H,5-8,10-11H2,1H3,(H,18,23)/t14-/m0/s1. The predicted octanol–water partition coefficient (Wildman–Crippen LogP) is -0.0331. The molecule has 7 heteroatoms. The summed E-state index contributed by atoms with van der Waals surface area (Å²) in [4.78, 5) is 27.6. The smallest absolute Gasteiger partial charge is 0.237 e. The Morgan fingerprint density at radius 2 is 2.30 bits per heavy atom. The highest BCUT2D eigenvalue weighted by molar-refractivity contribution is 5.88. The molecule has 0 aromatic heterocycles. The van der Waals surface area contributed by atoms with Crippen molar-refractivity contribution in [3.8, 4) is 0 Å². The Bertz CT molecular complexity index is 567. The van der Waals surface area contributed by atoms with E-state index in [-0.39, 0.29) is 37.2 Å². The van der Waals surface area contributed by atoms with E-state index in [0.717, 1.165) is 5.56 Å². The van der Waals surface area contributed by atoms with Crippen LogP contribution >= 0.6 is 0 Å². The van der Waals surface area contributed by atoms with E-state index in [1.807, 2.05) is 4.90 Å². The molecule has 126 valence electrons. The highest BCUT2D eigenvalue weighted by Gasteiger charge is 2.32. The first-order chi connectivity index (χ1) is 11.0. The van der Waals surface area contributed by atoms with Crippen LogP contribution in [-0.4, -0.2) is 66.1 Å². The van der Waals surface area contributed by atoms with Crippen molar-refractivity contribution in [2.45, 2.75) is 19.0 Å². The van der Waals surface area contributed by atoms with Crippen LogP contribution in [0.5, 0.6) is 0 Å². The maximum atomic E-state index is 13.3. The van der Waals surface area contributed by atoms with Crippen molar-refractivity contribution in [2.24, 2.45) is 0 Å². The van der Waals surface area contributed by atoms with Gasteiger partial charge in [0, 0.05) is 33.2 Å². The summed E-state index contributed by atoms with van der Waals surface area (Å²) in [5.41, 5.74) is 0.765. The SMILES string of the molecule is CN(CCO)C(=O)C[C@H]1C(=O)NCCN1Cc1cccc(F)c1. The van der Waals surface area contributed by atoms with Gasteiger partial charge in [0.05, 0.1) is 19.1 Å². The number of aliphatic hydroxyl groups excluding tert-OH is 1. The van der Waals surface area contributed by atoms with Gasteiger partial charge in [-0.1, -0.05) is 12.1 Å². The first-order valence-corrected chi connectivity index (χ1v) is 7.62. The molecule has 1 fully saturated rings. The van der Waals surface area contributed by atoms with E-state index in [1.54, 1.807) is 19.2 Å². The highest BCUT2D eigenvalue weighted by atomic mass is 19.1. The number of nitrogens with zero attached hydrogens (tertiary/aromatic N) is 2. The minimum Gasteiger partial charge on any atom is -0.395 e. The Kier molecular flexibility index (Phi) is 6.06. The molecule has 6 nitrogen and oxygen atoms in total. The van der Waals surface area contributed by atoms with Crippen molar-refractivity contribution < 1.29 is 19.1 Å². The summed E-state index contributed by atoms with van der Waals surface area (Å²) in [6.45, 7) is 1.63. The van der Waals surface area contributed by atoms with Crippen molar-refractivity contribution in [3.63, 3.8) is 0 Å². The lowest BCUT2D eigenvalue weighted by Crippen LogP contribution is -2.56. The van der Waals surface area contributed by atoms with Gasteiger partial charge in [-0.2, -0.15) is 0 Å². The summed E-state index contributed by atoms with van der Waals surface area (Å²) in [6, 6.07) is 5.65. The third kappa shape index (κ3) is 4.74. The molecule has 2 amide bonds. The zero-order chi connectivity index (χ0) is 16.8. The van der Waals surface area contributed by atoms with Crippen LogP contribution in [0.25, 0.3) is 0 Å². The minimum atomic E-state index is -0.583. The lowest BCUT2D eigenvalue weighted by Gasteiger charge is -2.35. The second-order valence-electron chi connectivity index (χ2n) is 5.65. The van der Waals surface area contributed by atoms with Gasteiger partial charge in [0.2, 0.25) is 11.8 Å². The number of nitrogens with one attached hydrogen (secondary N) is 1. The van der Waals surface area contributed by atoms with Gasteiger partial charge in [0.25, 0.3) is 0 Å². The second kappa shape index (κ2) is 8.03. The summed E-state index contributed by atoms with van der Waals surface area (Å²) in [5, 5.41) is 11.7. The Morgan fingerprint density at radius 3 is 3.00 bits per heavy atom. The zero-order valence-corrected chi connectivity index (χ0v) is 13.2. The normalized spacial score (nSPS) is 18.6. The topological polar surface area (TPSA) is 72.9 Å². The Hall–Kier alpha value is -1.99. The maximum Gasteiger partial charge on any atom is 0.237 e. The fraction of sp³-hybridized carbons (Fsp3) is 0.500. The molecule has 1 aliphatic heterocycles. The summed E-state index contributed by atoms with van der Waals surface area (Å²) >= 11 is 0. The first-order valence-electron chi connectivity index (χ1n) is 7.62. The third-order valence-electron chi connectivity index (χ3n) is 3.95. The number of aliphatic hydroxyl groups is 1. The van der Waals surface area contributed by atoms with Crippen LogP contribution in [0.3, 0.4) is 0 Å². The molecular weight excluding hydrogens is 301 g/mol. The number of halogens is 1. The Balaban J connectivity index is 2.06. The van der Waals surface area contributed by atoms with E-state index in [0.29, 0.717) is 19.6 Å². The fourth-order valence-corrected chi connectivity index (χ4v) is 2.64. The second-order valence-corrected chi connectivity index (χ2v) is 5.65. The quantitative estimate of drug-likeness (QED) is 0.771. The number of piperazine rings is 1. The number of rotatable bonds is 6. The molecule has 0 bridgehead atoms. The Morgan fingerprint density at radius 1 is 1.52 bits per heavy atom. The molecule has 1 aromatic rings. The largest absolute Gasteiger partial charge is 0.395 e. The predicted molar refractivity (Wildman–Crippen MR) is 82.9 cm³/mol. The van der Waals surface area contributed by atoms with Crippen LogP contribution in [0.4, 0.5) is 4.39 Å². The van der Waals surface area contributed by atoms with Gasteiger partial charge >= 0.3 is 0 Å². The highest BCUT2D eigenvalue weighted by Crippen LogP contribution is 2.15. The molecule has 1 atom stereocenters. The van der Waals surface area contributed by atoms with E-state index in [4.69, 9.17) is 5.11 Å². The number of amides is 2. The van der Waals surface area contributed by atoms with Crippen LogP contribution in [0.1, 0.15) is 12.0 Å². The number of hydrogen-bond acceptors (Lipinski definition) is 4. The Labute approximate surface area is 134 Å². The van der Waals surface area contributed by atoms with E-state index in [9.17, 15) is 14.0 Å². The van der Waals surface area contributed by atoms with Gasteiger partial charge in [-0.3, -0.25) is 14.5 Å². The van der Waals surface area contributed by atoms with Gasteiger partial charge in [0.15, 0.2) is 0 Å². The van der Waals surface area contributed by atoms with Gasteiger partial charge in [-0.15, -0.1) is 0 Å². The van der Waals surface area contributed by atoms with Crippen molar-refractivity contribution in [3.05, 3.63) is 35.6 Å². The minimum absolute atomic E-state index is 0.0393. The van der Waals surface area contributed by atoms with Crippen LogP contribution in [0.2, 0.25) is 0 Å². The lowest BCUT2D eigenvalue weighted by atomic mass is 10.1. The fourth-order valence-electron chi connectivity index (χ4n) is 2.64. The van der Waals surface area contributed by atoms with Crippen molar-refractivity contribution in [1.82, 2.24) is 15.1 Å². The molecule has 0 unspecified atom stereocenters. The molecule has 23 heavy (non-hydrogen) atoms. The van der Waals surface area contributed by atoms with Gasteiger partial charge in [-0.25, -0.2) is 4.39 Å². The number of likely N-dealkylation sites (N-methyl/N-ethyl adjacent to an activating group) is 1. The molecule has 0 spiro atoms. The average Bonchev–Trinajstić information content (AvgIpc) is 2.51.